The quantitative estimate of drug-likeness (QED) is 0.887. The summed E-state index contributed by atoms with van der Waals surface area (Å²) < 4.78 is 6.06. The summed E-state index contributed by atoms with van der Waals surface area (Å²) >= 11 is 3.24. The van der Waals surface area contributed by atoms with Gasteiger partial charge in [0.15, 0.2) is 4.67 Å². The Labute approximate surface area is 121 Å². The highest BCUT2D eigenvalue weighted by Crippen LogP contribution is 2.19. The minimum absolute atomic E-state index is 0.0613. The predicted octanol–water partition coefficient (Wildman–Crippen LogP) is 2.00. The van der Waals surface area contributed by atoms with Gasteiger partial charge in [0.25, 0.3) is 0 Å². The lowest BCUT2D eigenvalue weighted by Gasteiger charge is -2.18. The first-order valence-electron chi connectivity index (χ1n) is 6.51. The molecule has 1 aromatic heterocycles. The van der Waals surface area contributed by atoms with Crippen LogP contribution in [0, 0.1) is 5.92 Å². The molecule has 2 atom stereocenters. The van der Waals surface area contributed by atoms with Crippen molar-refractivity contribution in [3.63, 3.8) is 0 Å². The highest BCUT2D eigenvalue weighted by molar-refractivity contribution is 9.10. The van der Waals surface area contributed by atoms with Crippen LogP contribution in [0.3, 0.4) is 0 Å². The van der Waals surface area contributed by atoms with Crippen molar-refractivity contribution in [3.05, 3.63) is 22.6 Å². The predicted molar refractivity (Wildman–Crippen MR) is 74.9 cm³/mol. The number of hydrogen-bond acceptors (Lipinski definition) is 3. The molecule has 0 spiro atoms. The number of amides is 2. The van der Waals surface area contributed by atoms with Crippen molar-refractivity contribution in [1.29, 1.82) is 0 Å². The molecule has 0 aliphatic carbocycles. The fourth-order valence-electron chi connectivity index (χ4n) is 2.26. The van der Waals surface area contributed by atoms with E-state index >= 15 is 0 Å². The van der Waals surface area contributed by atoms with E-state index < -0.39 is 0 Å². The maximum atomic E-state index is 11.9. The molecule has 1 fully saturated rings. The molecule has 0 radical (unpaired) electrons. The normalized spacial score (nSPS) is 20.6. The minimum Gasteiger partial charge on any atom is -0.454 e. The third-order valence-corrected chi connectivity index (χ3v) is 3.90. The van der Waals surface area contributed by atoms with Crippen LogP contribution < -0.4 is 5.32 Å². The molecular formula is C13H19BrN2O3. The van der Waals surface area contributed by atoms with Crippen molar-refractivity contribution in [1.82, 2.24) is 10.2 Å². The number of carbonyl (C=O) groups excluding carboxylic acids is 1. The summed E-state index contributed by atoms with van der Waals surface area (Å²) in [4.78, 5) is 13.7. The SMILES string of the molecule is C[C@@H](O)[C@@H]1CCN(C(=O)NCCc2ccc(Br)o2)C1. The van der Waals surface area contributed by atoms with Crippen molar-refractivity contribution in [2.75, 3.05) is 19.6 Å². The lowest BCUT2D eigenvalue weighted by molar-refractivity contribution is 0.129. The van der Waals surface area contributed by atoms with Crippen LogP contribution in [0.15, 0.2) is 21.2 Å². The van der Waals surface area contributed by atoms with Gasteiger partial charge in [-0.25, -0.2) is 4.79 Å². The lowest BCUT2D eigenvalue weighted by Crippen LogP contribution is -2.39. The van der Waals surface area contributed by atoms with Gasteiger partial charge in [-0.2, -0.15) is 0 Å². The smallest absolute Gasteiger partial charge is 0.317 e. The molecule has 0 unspecified atom stereocenters. The maximum Gasteiger partial charge on any atom is 0.317 e. The molecule has 1 saturated heterocycles. The Morgan fingerprint density at radius 3 is 3.05 bits per heavy atom. The minimum atomic E-state index is -0.349. The van der Waals surface area contributed by atoms with Crippen LogP contribution in [-0.4, -0.2) is 41.8 Å². The van der Waals surface area contributed by atoms with Crippen LogP contribution in [0.2, 0.25) is 0 Å². The second kappa shape index (κ2) is 6.43. The number of hydrogen-bond donors (Lipinski definition) is 2. The van der Waals surface area contributed by atoms with Gasteiger partial charge in [-0.1, -0.05) is 0 Å². The number of likely N-dealkylation sites (tertiary alicyclic amines) is 1. The van der Waals surface area contributed by atoms with E-state index in [9.17, 15) is 9.90 Å². The highest BCUT2D eigenvalue weighted by Gasteiger charge is 2.28. The Morgan fingerprint density at radius 1 is 1.68 bits per heavy atom. The fraction of sp³-hybridized carbons (Fsp3) is 0.615. The number of aliphatic hydroxyl groups excluding tert-OH is 1. The lowest BCUT2D eigenvalue weighted by atomic mass is 10.0. The van der Waals surface area contributed by atoms with E-state index in [1.807, 2.05) is 12.1 Å². The van der Waals surface area contributed by atoms with Crippen LogP contribution in [-0.2, 0) is 6.42 Å². The molecule has 5 nitrogen and oxygen atoms in total. The zero-order chi connectivity index (χ0) is 13.8. The van der Waals surface area contributed by atoms with Crippen LogP contribution in [0.5, 0.6) is 0 Å². The number of urea groups is 1. The second-order valence-electron chi connectivity index (χ2n) is 4.92. The van der Waals surface area contributed by atoms with Gasteiger partial charge in [-0.05, 0) is 41.4 Å². The first kappa shape index (κ1) is 14.4. The third kappa shape index (κ3) is 3.98. The van der Waals surface area contributed by atoms with Gasteiger partial charge in [0, 0.05) is 32.0 Å². The summed E-state index contributed by atoms with van der Waals surface area (Å²) in [5.41, 5.74) is 0. The maximum absolute atomic E-state index is 11.9. The average Bonchev–Trinajstić information content (AvgIpc) is 2.98. The molecule has 0 saturated carbocycles. The fourth-order valence-corrected chi connectivity index (χ4v) is 2.60. The monoisotopic (exact) mass is 330 g/mol. The Balaban J connectivity index is 1.70. The summed E-state index contributed by atoms with van der Waals surface area (Å²) in [7, 11) is 0. The van der Waals surface area contributed by atoms with Crippen LogP contribution in [0.1, 0.15) is 19.1 Å². The van der Waals surface area contributed by atoms with Crippen molar-refractivity contribution < 1.29 is 14.3 Å². The molecule has 0 bridgehead atoms. The van der Waals surface area contributed by atoms with Crippen molar-refractivity contribution >= 4 is 22.0 Å². The Hall–Kier alpha value is -1.01. The second-order valence-corrected chi connectivity index (χ2v) is 5.70. The number of nitrogens with one attached hydrogen (secondary N) is 1. The third-order valence-electron chi connectivity index (χ3n) is 3.47. The molecule has 2 heterocycles. The summed E-state index contributed by atoms with van der Waals surface area (Å²) in [5.74, 6) is 1.04. The van der Waals surface area contributed by atoms with Crippen molar-refractivity contribution in [2.45, 2.75) is 25.9 Å². The number of nitrogens with zero attached hydrogens (tertiary/aromatic N) is 1. The van der Waals surface area contributed by atoms with Crippen LogP contribution in [0.25, 0.3) is 0 Å². The highest BCUT2D eigenvalue weighted by atomic mass is 79.9. The van der Waals surface area contributed by atoms with E-state index in [0.717, 1.165) is 12.2 Å². The molecule has 1 aromatic rings. The molecule has 0 aromatic carbocycles. The van der Waals surface area contributed by atoms with E-state index in [-0.39, 0.29) is 18.1 Å². The van der Waals surface area contributed by atoms with Crippen molar-refractivity contribution in [3.8, 4) is 0 Å². The molecule has 19 heavy (non-hydrogen) atoms. The number of halogens is 1. The Kier molecular flexibility index (Phi) is 4.87. The van der Waals surface area contributed by atoms with Gasteiger partial charge >= 0.3 is 6.03 Å². The number of furan rings is 1. The zero-order valence-electron chi connectivity index (χ0n) is 10.9. The van der Waals surface area contributed by atoms with Crippen LogP contribution in [0.4, 0.5) is 4.79 Å². The van der Waals surface area contributed by atoms with Gasteiger partial charge in [-0.15, -0.1) is 0 Å². The van der Waals surface area contributed by atoms with E-state index in [1.165, 1.54) is 0 Å². The first-order valence-corrected chi connectivity index (χ1v) is 7.30. The average molecular weight is 331 g/mol. The number of carbonyl (C=O) groups is 1. The topological polar surface area (TPSA) is 65.7 Å². The van der Waals surface area contributed by atoms with E-state index in [1.54, 1.807) is 11.8 Å². The molecule has 1 aliphatic rings. The van der Waals surface area contributed by atoms with Crippen LogP contribution >= 0.6 is 15.9 Å². The molecule has 106 valence electrons. The Bertz CT molecular complexity index is 433. The first-order chi connectivity index (χ1) is 9.06. The van der Waals surface area contributed by atoms with Gasteiger partial charge in [0.2, 0.25) is 0 Å². The molecule has 6 heteroatoms. The summed E-state index contributed by atoms with van der Waals surface area (Å²) in [6.45, 7) is 3.68. The molecule has 2 amide bonds. The van der Waals surface area contributed by atoms with E-state index in [4.69, 9.17) is 4.42 Å². The van der Waals surface area contributed by atoms with E-state index in [2.05, 4.69) is 21.2 Å². The van der Waals surface area contributed by atoms with Gasteiger partial charge in [0.1, 0.15) is 5.76 Å². The summed E-state index contributed by atoms with van der Waals surface area (Å²) in [6, 6.07) is 3.66. The standard InChI is InChI=1S/C13H19BrN2O3/c1-9(17)10-5-7-16(8-10)13(18)15-6-4-11-2-3-12(14)19-11/h2-3,9-10,17H,4-8H2,1H3,(H,15,18)/t9-,10-/m1/s1. The van der Waals surface area contributed by atoms with Crippen molar-refractivity contribution in [2.24, 2.45) is 5.92 Å². The molecular weight excluding hydrogens is 312 g/mol. The number of aliphatic hydroxyl groups is 1. The summed E-state index contributed by atoms with van der Waals surface area (Å²) in [6.07, 6.45) is 1.19. The van der Waals surface area contributed by atoms with Gasteiger partial charge in [-0.3, -0.25) is 0 Å². The number of rotatable bonds is 4. The molecule has 1 aliphatic heterocycles. The Morgan fingerprint density at radius 2 is 2.47 bits per heavy atom. The summed E-state index contributed by atoms with van der Waals surface area (Å²) in [5, 5.41) is 12.4. The van der Waals surface area contributed by atoms with E-state index in [0.29, 0.717) is 30.7 Å². The van der Waals surface area contributed by atoms with Gasteiger partial charge < -0.3 is 19.7 Å². The molecule has 2 N–H and O–H groups in total. The zero-order valence-corrected chi connectivity index (χ0v) is 12.5. The molecule has 2 rings (SSSR count). The van der Waals surface area contributed by atoms with Gasteiger partial charge in [0.05, 0.1) is 6.10 Å². The largest absolute Gasteiger partial charge is 0.454 e.